The minimum atomic E-state index is 0.328. The zero-order valence-electron chi connectivity index (χ0n) is 13.8. The van der Waals surface area contributed by atoms with Gasteiger partial charge in [-0.3, -0.25) is 9.67 Å². The Morgan fingerprint density at radius 3 is 2.60 bits per heavy atom. The number of ether oxygens (including phenoxy) is 1. The first-order chi connectivity index (χ1) is 12.2. The van der Waals surface area contributed by atoms with E-state index < -0.39 is 0 Å². The Labute approximate surface area is 150 Å². The highest BCUT2D eigenvalue weighted by Gasteiger charge is 2.10. The lowest BCUT2D eigenvalue weighted by Crippen LogP contribution is -2.06. The number of H-pyrrole nitrogens is 1. The third-order valence-corrected chi connectivity index (χ3v) is 4.41. The van der Waals surface area contributed by atoms with E-state index in [9.17, 15) is 0 Å². The number of fused-ring (bicyclic) bond motifs is 1. The van der Waals surface area contributed by atoms with Crippen LogP contribution < -0.4 is 4.74 Å². The molecule has 0 bridgehead atoms. The number of aryl methyl sites for hydroxylation is 1. The van der Waals surface area contributed by atoms with E-state index in [4.69, 9.17) is 17.0 Å². The van der Waals surface area contributed by atoms with Crippen LogP contribution in [0.5, 0.6) is 5.75 Å². The monoisotopic (exact) mass is 347 g/mol. The summed E-state index contributed by atoms with van der Waals surface area (Å²) in [6.45, 7) is 2.39. The zero-order valence-corrected chi connectivity index (χ0v) is 14.6. The van der Waals surface area contributed by atoms with E-state index in [-0.39, 0.29) is 0 Å². The van der Waals surface area contributed by atoms with Crippen LogP contribution in [0.3, 0.4) is 0 Å². The van der Waals surface area contributed by atoms with Crippen molar-refractivity contribution in [1.29, 1.82) is 0 Å². The molecule has 0 saturated carbocycles. The molecule has 1 aromatic heterocycles. The summed E-state index contributed by atoms with van der Waals surface area (Å²) in [6, 6.07) is 22.4. The number of nitrogens with one attached hydrogen (secondary N) is 1. The number of aromatic nitrogens is 3. The fourth-order valence-corrected chi connectivity index (χ4v) is 3.11. The second kappa shape index (κ2) is 6.53. The molecule has 25 heavy (non-hydrogen) atoms. The molecule has 0 aliphatic heterocycles. The van der Waals surface area contributed by atoms with Crippen LogP contribution >= 0.6 is 12.2 Å². The van der Waals surface area contributed by atoms with Gasteiger partial charge in [-0.15, -0.1) is 0 Å². The standard InChI is InChI=1S/C20H17N3OS/c1-14-9-11-16(12-10-14)23-19(21-22-20(23)25)13-24-18-8-4-6-15-5-2-3-7-17(15)18/h2-12H,13H2,1H3,(H,22,25). The summed E-state index contributed by atoms with van der Waals surface area (Å²) in [5, 5.41) is 9.42. The number of hydrogen-bond acceptors (Lipinski definition) is 3. The topological polar surface area (TPSA) is 42.8 Å². The molecule has 4 aromatic rings. The lowest BCUT2D eigenvalue weighted by Gasteiger charge is -2.11. The second-order valence-corrected chi connectivity index (χ2v) is 6.27. The Hall–Kier alpha value is -2.92. The Morgan fingerprint density at radius 1 is 1.00 bits per heavy atom. The first-order valence-electron chi connectivity index (χ1n) is 8.06. The van der Waals surface area contributed by atoms with Gasteiger partial charge in [0, 0.05) is 11.1 Å². The maximum absolute atomic E-state index is 6.05. The molecule has 0 spiro atoms. The fraction of sp³-hybridized carbons (Fsp3) is 0.100. The number of aromatic amines is 1. The summed E-state index contributed by atoms with van der Waals surface area (Å²) < 4.78 is 8.51. The molecular formula is C20H17N3OS. The van der Waals surface area contributed by atoms with Gasteiger partial charge in [-0.25, -0.2) is 0 Å². The minimum Gasteiger partial charge on any atom is -0.485 e. The average Bonchev–Trinajstić information content (AvgIpc) is 3.01. The molecule has 3 aromatic carbocycles. The highest BCUT2D eigenvalue weighted by molar-refractivity contribution is 7.71. The van der Waals surface area contributed by atoms with Crippen molar-refractivity contribution in [3.63, 3.8) is 0 Å². The summed E-state index contributed by atoms with van der Waals surface area (Å²) in [4.78, 5) is 0. The average molecular weight is 347 g/mol. The van der Waals surface area contributed by atoms with Gasteiger partial charge < -0.3 is 4.74 Å². The van der Waals surface area contributed by atoms with E-state index >= 15 is 0 Å². The summed E-state index contributed by atoms with van der Waals surface area (Å²) in [7, 11) is 0. The van der Waals surface area contributed by atoms with E-state index in [0.717, 1.165) is 28.0 Å². The van der Waals surface area contributed by atoms with Crippen LogP contribution in [0.25, 0.3) is 16.5 Å². The van der Waals surface area contributed by atoms with Gasteiger partial charge in [0.15, 0.2) is 10.6 Å². The van der Waals surface area contributed by atoms with Crippen molar-refractivity contribution in [2.75, 3.05) is 0 Å². The smallest absolute Gasteiger partial charge is 0.199 e. The molecule has 4 nitrogen and oxygen atoms in total. The predicted octanol–water partition coefficient (Wildman–Crippen LogP) is 4.97. The molecule has 1 N–H and O–H groups in total. The van der Waals surface area contributed by atoms with E-state index in [1.54, 1.807) is 0 Å². The van der Waals surface area contributed by atoms with Crippen molar-refractivity contribution in [2.24, 2.45) is 0 Å². The van der Waals surface area contributed by atoms with Crippen LogP contribution in [0.4, 0.5) is 0 Å². The summed E-state index contributed by atoms with van der Waals surface area (Å²) in [6.07, 6.45) is 0. The molecule has 0 amide bonds. The molecule has 0 aliphatic rings. The molecule has 0 aliphatic carbocycles. The van der Waals surface area contributed by atoms with Crippen molar-refractivity contribution in [1.82, 2.24) is 14.8 Å². The molecule has 0 saturated heterocycles. The molecule has 0 fully saturated rings. The van der Waals surface area contributed by atoms with Gasteiger partial charge in [-0.1, -0.05) is 54.1 Å². The largest absolute Gasteiger partial charge is 0.485 e. The number of rotatable bonds is 4. The van der Waals surface area contributed by atoms with E-state index in [0.29, 0.717) is 11.4 Å². The summed E-state index contributed by atoms with van der Waals surface area (Å²) in [5.41, 5.74) is 2.17. The van der Waals surface area contributed by atoms with Crippen LogP contribution in [0.15, 0.2) is 66.7 Å². The molecule has 0 radical (unpaired) electrons. The molecule has 1 heterocycles. The second-order valence-electron chi connectivity index (χ2n) is 5.88. The first kappa shape index (κ1) is 15.6. The SMILES string of the molecule is Cc1ccc(-n2c(COc3cccc4ccccc34)n[nH]c2=S)cc1. The number of benzene rings is 3. The quantitative estimate of drug-likeness (QED) is 0.530. The molecule has 0 atom stereocenters. The highest BCUT2D eigenvalue weighted by Crippen LogP contribution is 2.26. The lowest BCUT2D eigenvalue weighted by molar-refractivity contribution is 0.297. The summed E-state index contributed by atoms with van der Waals surface area (Å²) >= 11 is 5.38. The Bertz CT molecular complexity index is 1070. The van der Waals surface area contributed by atoms with Gasteiger partial charge in [0.2, 0.25) is 0 Å². The third kappa shape index (κ3) is 3.06. The van der Waals surface area contributed by atoms with Crippen molar-refractivity contribution < 1.29 is 4.74 Å². The molecule has 124 valence electrons. The molecule has 0 unspecified atom stereocenters. The normalized spacial score (nSPS) is 10.9. The van der Waals surface area contributed by atoms with Gasteiger partial charge in [0.25, 0.3) is 0 Å². The molecular weight excluding hydrogens is 330 g/mol. The van der Waals surface area contributed by atoms with Crippen LogP contribution in [0.1, 0.15) is 11.4 Å². The van der Waals surface area contributed by atoms with Crippen LogP contribution in [0, 0.1) is 11.7 Å². The molecule has 4 rings (SSSR count). The Balaban J connectivity index is 1.66. The predicted molar refractivity (Wildman–Crippen MR) is 102 cm³/mol. The number of nitrogens with zero attached hydrogens (tertiary/aromatic N) is 2. The van der Waals surface area contributed by atoms with E-state index in [2.05, 4.69) is 47.5 Å². The van der Waals surface area contributed by atoms with Crippen molar-refractivity contribution in [2.45, 2.75) is 13.5 Å². The van der Waals surface area contributed by atoms with Crippen molar-refractivity contribution in [3.05, 3.63) is 82.9 Å². The number of hydrogen-bond donors (Lipinski definition) is 1. The zero-order chi connectivity index (χ0) is 17.2. The van der Waals surface area contributed by atoms with Gasteiger partial charge in [-0.2, -0.15) is 5.10 Å². The third-order valence-electron chi connectivity index (χ3n) is 4.14. The molecule has 5 heteroatoms. The highest BCUT2D eigenvalue weighted by atomic mass is 32.1. The minimum absolute atomic E-state index is 0.328. The van der Waals surface area contributed by atoms with Gasteiger partial charge >= 0.3 is 0 Å². The fourth-order valence-electron chi connectivity index (χ4n) is 2.85. The van der Waals surface area contributed by atoms with Gasteiger partial charge in [-0.05, 0) is 42.7 Å². The van der Waals surface area contributed by atoms with E-state index in [1.165, 1.54) is 5.56 Å². The summed E-state index contributed by atoms with van der Waals surface area (Å²) in [5.74, 6) is 1.57. The maximum atomic E-state index is 6.05. The van der Waals surface area contributed by atoms with E-state index in [1.807, 2.05) is 41.0 Å². The van der Waals surface area contributed by atoms with Crippen molar-refractivity contribution in [3.8, 4) is 11.4 Å². The van der Waals surface area contributed by atoms with Gasteiger partial charge in [0.1, 0.15) is 12.4 Å². The maximum Gasteiger partial charge on any atom is 0.199 e. The van der Waals surface area contributed by atoms with Crippen LogP contribution in [-0.2, 0) is 6.61 Å². The first-order valence-corrected chi connectivity index (χ1v) is 8.47. The Kier molecular flexibility index (Phi) is 4.07. The van der Waals surface area contributed by atoms with Crippen molar-refractivity contribution >= 4 is 23.0 Å². The van der Waals surface area contributed by atoms with Crippen LogP contribution in [0.2, 0.25) is 0 Å². The van der Waals surface area contributed by atoms with Crippen LogP contribution in [-0.4, -0.2) is 14.8 Å². The van der Waals surface area contributed by atoms with Gasteiger partial charge in [0.05, 0.1) is 0 Å². The lowest BCUT2D eigenvalue weighted by atomic mass is 10.1. The Morgan fingerprint density at radius 2 is 1.76 bits per heavy atom.